The summed E-state index contributed by atoms with van der Waals surface area (Å²) in [6.07, 6.45) is 0. The van der Waals surface area contributed by atoms with Gasteiger partial charge in [-0.25, -0.2) is 9.48 Å². The van der Waals surface area contributed by atoms with E-state index in [-0.39, 0.29) is 24.8 Å². The lowest BCUT2D eigenvalue weighted by Crippen LogP contribution is -2.34. The Kier molecular flexibility index (Phi) is 6.10. The Morgan fingerprint density at radius 3 is 2.40 bits per heavy atom. The van der Waals surface area contributed by atoms with E-state index in [9.17, 15) is 9.59 Å². The van der Waals surface area contributed by atoms with Crippen LogP contribution in [0.5, 0.6) is 0 Å². The summed E-state index contributed by atoms with van der Waals surface area (Å²) in [6.45, 7) is 5.19. The first-order valence-electron chi connectivity index (χ1n) is 6.36. The fraction of sp³-hybridized carbons (Fsp3) is 0.667. The summed E-state index contributed by atoms with van der Waals surface area (Å²) in [5.41, 5.74) is 0.501. The molecule has 0 bridgehead atoms. The van der Waals surface area contributed by atoms with Crippen molar-refractivity contribution in [3.05, 3.63) is 11.4 Å². The minimum atomic E-state index is -0.599. The van der Waals surface area contributed by atoms with Crippen LogP contribution in [0.3, 0.4) is 0 Å². The third kappa shape index (κ3) is 3.53. The summed E-state index contributed by atoms with van der Waals surface area (Å²) < 4.78 is 11.0. The Bertz CT molecular complexity index is 468. The second-order valence-corrected chi connectivity index (χ2v) is 4.03. The van der Waals surface area contributed by atoms with Crippen molar-refractivity contribution in [2.24, 2.45) is 0 Å². The van der Waals surface area contributed by atoms with Crippen LogP contribution >= 0.6 is 0 Å². The van der Waals surface area contributed by atoms with Crippen molar-refractivity contribution in [3.63, 3.8) is 0 Å². The Balaban J connectivity index is 2.97. The first-order valence-corrected chi connectivity index (χ1v) is 6.36. The molecule has 0 aliphatic heterocycles. The maximum absolute atomic E-state index is 12.1. The van der Waals surface area contributed by atoms with Crippen molar-refractivity contribution in [2.75, 3.05) is 27.3 Å². The summed E-state index contributed by atoms with van der Waals surface area (Å²) in [5, 5.41) is 7.59. The molecule has 1 aromatic heterocycles. The quantitative estimate of drug-likeness (QED) is 0.659. The van der Waals surface area contributed by atoms with Crippen LogP contribution in [-0.2, 0) is 27.4 Å². The molecular weight excluding hydrogens is 264 g/mol. The predicted octanol–water partition coefficient (Wildman–Crippen LogP) is 0.0795. The number of carbonyl (C=O) groups excluding carboxylic acids is 2. The number of nitrogens with zero attached hydrogens (tertiary/aromatic N) is 4. The van der Waals surface area contributed by atoms with Gasteiger partial charge < -0.3 is 14.4 Å². The van der Waals surface area contributed by atoms with Crippen LogP contribution in [0.15, 0.2) is 0 Å². The van der Waals surface area contributed by atoms with Gasteiger partial charge in [0.2, 0.25) is 5.91 Å². The van der Waals surface area contributed by atoms with Gasteiger partial charge in [-0.05, 0) is 13.8 Å². The fourth-order valence-electron chi connectivity index (χ4n) is 1.80. The molecule has 0 aliphatic rings. The lowest BCUT2D eigenvalue weighted by atomic mass is 10.3. The van der Waals surface area contributed by atoms with E-state index in [0.717, 1.165) is 0 Å². The third-order valence-corrected chi connectivity index (χ3v) is 2.90. The molecule has 0 saturated heterocycles. The molecule has 8 nitrogen and oxygen atoms in total. The molecule has 0 saturated carbocycles. The zero-order chi connectivity index (χ0) is 15.1. The summed E-state index contributed by atoms with van der Waals surface area (Å²) in [4.78, 5) is 25.3. The van der Waals surface area contributed by atoms with E-state index in [0.29, 0.717) is 18.8 Å². The van der Waals surface area contributed by atoms with Gasteiger partial charge in [0, 0.05) is 20.2 Å². The Morgan fingerprint density at radius 2 is 1.90 bits per heavy atom. The van der Waals surface area contributed by atoms with Crippen LogP contribution in [0, 0.1) is 0 Å². The summed E-state index contributed by atoms with van der Waals surface area (Å²) in [7, 11) is 2.75. The molecule has 0 radical (unpaired) electrons. The SMILES string of the molecule is CCN(CC)C(=O)Cn1nnc(C(=O)OC)c1COC. The number of likely N-dealkylation sites (N-methyl/N-ethyl adjacent to an activating group) is 1. The highest BCUT2D eigenvalue weighted by Gasteiger charge is 2.22. The molecule has 1 heterocycles. The van der Waals surface area contributed by atoms with Crippen molar-refractivity contribution in [1.82, 2.24) is 19.9 Å². The number of methoxy groups -OCH3 is 2. The zero-order valence-corrected chi connectivity index (χ0v) is 12.3. The van der Waals surface area contributed by atoms with Crippen LogP contribution < -0.4 is 0 Å². The molecule has 8 heteroatoms. The number of hydrogen-bond donors (Lipinski definition) is 0. The number of carbonyl (C=O) groups is 2. The first-order chi connectivity index (χ1) is 9.58. The summed E-state index contributed by atoms with van der Waals surface area (Å²) >= 11 is 0. The Morgan fingerprint density at radius 1 is 1.25 bits per heavy atom. The molecule has 0 N–H and O–H groups in total. The van der Waals surface area contributed by atoms with Gasteiger partial charge in [-0.2, -0.15) is 0 Å². The van der Waals surface area contributed by atoms with Crippen molar-refractivity contribution in [2.45, 2.75) is 27.0 Å². The van der Waals surface area contributed by atoms with E-state index in [2.05, 4.69) is 15.0 Å². The van der Waals surface area contributed by atoms with Crippen molar-refractivity contribution in [1.29, 1.82) is 0 Å². The van der Waals surface area contributed by atoms with Gasteiger partial charge in [-0.15, -0.1) is 5.10 Å². The van der Waals surface area contributed by atoms with Gasteiger partial charge in [-0.3, -0.25) is 4.79 Å². The van der Waals surface area contributed by atoms with E-state index >= 15 is 0 Å². The largest absolute Gasteiger partial charge is 0.464 e. The molecule has 0 unspecified atom stereocenters. The monoisotopic (exact) mass is 284 g/mol. The zero-order valence-electron chi connectivity index (χ0n) is 12.3. The highest BCUT2D eigenvalue weighted by atomic mass is 16.5. The number of rotatable bonds is 7. The number of ether oxygens (including phenoxy) is 2. The normalized spacial score (nSPS) is 10.4. The van der Waals surface area contributed by atoms with Gasteiger partial charge in [0.1, 0.15) is 6.54 Å². The molecule has 0 aliphatic carbocycles. The van der Waals surface area contributed by atoms with Gasteiger partial charge in [0.05, 0.1) is 19.4 Å². The number of hydrogen-bond acceptors (Lipinski definition) is 6. The maximum atomic E-state index is 12.1. The van der Waals surface area contributed by atoms with Crippen LogP contribution in [0.25, 0.3) is 0 Å². The van der Waals surface area contributed by atoms with Crippen LogP contribution in [-0.4, -0.2) is 59.1 Å². The highest BCUT2D eigenvalue weighted by molar-refractivity contribution is 5.88. The molecule has 20 heavy (non-hydrogen) atoms. The molecular formula is C12H20N4O4. The molecule has 1 rings (SSSR count). The summed E-state index contributed by atoms with van der Waals surface area (Å²) in [5.74, 6) is -0.688. The minimum Gasteiger partial charge on any atom is -0.464 e. The van der Waals surface area contributed by atoms with E-state index < -0.39 is 5.97 Å². The van der Waals surface area contributed by atoms with Crippen molar-refractivity contribution >= 4 is 11.9 Å². The Hall–Kier alpha value is -1.96. The third-order valence-electron chi connectivity index (χ3n) is 2.90. The lowest BCUT2D eigenvalue weighted by molar-refractivity contribution is -0.131. The smallest absolute Gasteiger partial charge is 0.360 e. The minimum absolute atomic E-state index is 0.0182. The molecule has 0 fully saturated rings. The summed E-state index contributed by atoms with van der Waals surface area (Å²) in [6, 6.07) is 0. The van der Waals surface area contributed by atoms with Crippen molar-refractivity contribution in [3.8, 4) is 0 Å². The van der Waals surface area contributed by atoms with Gasteiger partial charge in [0.25, 0.3) is 0 Å². The van der Waals surface area contributed by atoms with E-state index in [1.807, 2.05) is 13.8 Å². The van der Waals surface area contributed by atoms with Gasteiger partial charge in [0.15, 0.2) is 5.69 Å². The molecule has 0 spiro atoms. The Labute approximate surface area is 117 Å². The predicted molar refractivity (Wildman–Crippen MR) is 70.0 cm³/mol. The number of amides is 1. The number of esters is 1. The molecule has 112 valence electrons. The lowest BCUT2D eigenvalue weighted by Gasteiger charge is -2.18. The molecule has 0 aromatic carbocycles. The average Bonchev–Trinajstić information content (AvgIpc) is 2.83. The second kappa shape index (κ2) is 7.59. The maximum Gasteiger partial charge on any atom is 0.360 e. The van der Waals surface area contributed by atoms with Gasteiger partial charge in [-0.1, -0.05) is 5.21 Å². The molecule has 0 atom stereocenters. The van der Waals surface area contributed by atoms with Crippen LogP contribution in [0.1, 0.15) is 30.0 Å². The second-order valence-electron chi connectivity index (χ2n) is 4.03. The molecule has 1 amide bonds. The average molecular weight is 284 g/mol. The van der Waals surface area contributed by atoms with Crippen LogP contribution in [0.4, 0.5) is 0 Å². The van der Waals surface area contributed by atoms with E-state index in [1.165, 1.54) is 18.9 Å². The topological polar surface area (TPSA) is 86.6 Å². The van der Waals surface area contributed by atoms with E-state index in [4.69, 9.17) is 4.74 Å². The van der Waals surface area contributed by atoms with Crippen molar-refractivity contribution < 1.29 is 19.1 Å². The standard InChI is InChI=1S/C12H20N4O4/c1-5-15(6-2)10(17)7-16-9(8-19-3)11(13-14-16)12(18)20-4/h5-8H2,1-4H3. The van der Waals surface area contributed by atoms with Gasteiger partial charge >= 0.3 is 5.97 Å². The first kappa shape index (κ1) is 16.1. The number of aromatic nitrogens is 3. The fourth-order valence-corrected chi connectivity index (χ4v) is 1.80. The highest BCUT2D eigenvalue weighted by Crippen LogP contribution is 2.09. The van der Waals surface area contributed by atoms with E-state index in [1.54, 1.807) is 4.90 Å². The molecule has 1 aromatic rings. The van der Waals surface area contributed by atoms with Crippen LogP contribution in [0.2, 0.25) is 0 Å².